The molecule has 0 amide bonds. The molecule has 0 aliphatic rings. The van der Waals surface area contributed by atoms with Gasteiger partial charge in [0.05, 0.1) is 5.52 Å². The number of fused-ring (bicyclic) bond motifs is 1. The second kappa shape index (κ2) is 2.87. The number of aryl methyl sites for hydroxylation is 1. The number of hydrogen-bond donors (Lipinski definition) is 1. The summed E-state index contributed by atoms with van der Waals surface area (Å²) < 4.78 is 1.47. The highest BCUT2D eigenvalue weighted by Crippen LogP contribution is 2.23. The van der Waals surface area contributed by atoms with Crippen LogP contribution in [0.4, 0.5) is 0 Å². The number of rotatable bonds is 1. The molecular formula is C11H12N2O. The number of hydrogen-bond acceptors (Lipinski definition) is 2. The molecule has 1 heterocycles. The van der Waals surface area contributed by atoms with E-state index in [1.807, 2.05) is 31.2 Å². The molecule has 0 unspecified atom stereocenters. The number of nitrogen functional groups attached to an aromatic ring is 1. The zero-order chi connectivity index (χ0) is 10.3. The van der Waals surface area contributed by atoms with Gasteiger partial charge in [0.1, 0.15) is 5.69 Å². The van der Waals surface area contributed by atoms with Gasteiger partial charge in [-0.1, -0.05) is 18.2 Å². The van der Waals surface area contributed by atoms with E-state index >= 15 is 0 Å². The van der Waals surface area contributed by atoms with Crippen molar-refractivity contribution in [2.75, 3.05) is 5.84 Å². The molecule has 0 spiro atoms. The van der Waals surface area contributed by atoms with Crippen molar-refractivity contribution >= 4 is 16.7 Å². The van der Waals surface area contributed by atoms with E-state index in [-0.39, 0.29) is 5.78 Å². The first kappa shape index (κ1) is 8.81. The Labute approximate surface area is 82.1 Å². The van der Waals surface area contributed by atoms with E-state index < -0.39 is 0 Å². The summed E-state index contributed by atoms with van der Waals surface area (Å²) in [6, 6.07) is 7.74. The number of benzene rings is 1. The van der Waals surface area contributed by atoms with Gasteiger partial charge in [-0.05, 0) is 18.6 Å². The molecule has 72 valence electrons. The van der Waals surface area contributed by atoms with Crippen molar-refractivity contribution in [1.82, 2.24) is 4.68 Å². The summed E-state index contributed by atoms with van der Waals surface area (Å²) in [6.45, 7) is 3.45. The minimum absolute atomic E-state index is 0.00111. The highest BCUT2D eigenvalue weighted by atomic mass is 16.1. The van der Waals surface area contributed by atoms with Gasteiger partial charge in [-0.2, -0.15) is 0 Å². The maximum absolute atomic E-state index is 11.4. The summed E-state index contributed by atoms with van der Waals surface area (Å²) in [5.74, 6) is 5.84. The van der Waals surface area contributed by atoms with Crippen LogP contribution in [-0.2, 0) is 0 Å². The molecule has 3 heteroatoms. The second-order valence-electron chi connectivity index (χ2n) is 3.42. The smallest absolute Gasteiger partial charge is 0.178 e. The molecule has 0 aliphatic carbocycles. The number of nitrogens with two attached hydrogens (primary N) is 1. The Bertz CT molecular complexity index is 472. The van der Waals surface area contributed by atoms with E-state index in [1.165, 1.54) is 11.6 Å². The largest absolute Gasteiger partial charge is 0.338 e. The summed E-state index contributed by atoms with van der Waals surface area (Å²) in [7, 11) is 0. The third kappa shape index (κ3) is 1.02. The molecule has 0 saturated heterocycles. The number of aromatic nitrogens is 1. The average Bonchev–Trinajstić information content (AvgIpc) is 2.41. The lowest BCUT2D eigenvalue weighted by molar-refractivity contribution is 0.101. The van der Waals surface area contributed by atoms with Crippen LogP contribution in [0.15, 0.2) is 24.3 Å². The monoisotopic (exact) mass is 188 g/mol. The van der Waals surface area contributed by atoms with Crippen molar-refractivity contribution in [1.29, 1.82) is 0 Å². The van der Waals surface area contributed by atoms with Crippen molar-refractivity contribution in [3.8, 4) is 0 Å². The van der Waals surface area contributed by atoms with Gasteiger partial charge >= 0.3 is 0 Å². The maximum atomic E-state index is 11.4. The maximum Gasteiger partial charge on any atom is 0.178 e. The Hall–Kier alpha value is -1.77. The number of carbonyl (C=O) groups is 1. The molecule has 2 rings (SSSR count). The van der Waals surface area contributed by atoms with Crippen LogP contribution in [0.25, 0.3) is 10.9 Å². The number of carbonyl (C=O) groups excluding carboxylic acids is 1. The fraction of sp³-hybridized carbons (Fsp3) is 0.182. The molecule has 2 N–H and O–H groups in total. The molecule has 0 radical (unpaired) electrons. The third-order valence-corrected chi connectivity index (χ3v) is 2.50. The van der Waals surface area contributed by atoms with Crippen LogP contribution in [0.2, 0.25) is 0 Å². The Kier molecular flexibility index (Phi) is 1.81. The van der Waals surface area contributed by atoms with Crippen LogP contribution in [0.1, 0.15) is 23.0 Å². The third-order valence-electron chi connectivity index (χ3n) is 2.50. The predicted octanol–water partition coefficient (Wildman–Crippen LogP) is 1.87. The zero-order valence-corrected chi connectivity index (χ0v) is 8.24. The number of Topliss-reactive ketones (excluding diaryl/α,β-unsaturated/α-hetero) is 1. The second-order valence-corrected chi connectivity index (χ2v) is 3.42. The number of ketones is 1. The van der Waals surface area contributed by atoms with E-state index in [0.29, 0.717) is 5.69 Å². The molecule has 0 atom stereocenters. The van der Waals surface area contributed by atoms with Crippen molar-refractivity contribution in [2.45, 2.75) is 13.8 Å². The van der Waals surface area contributed by atoms with Crippen LogP contribution in [0, 0.1) is 6.92 Å². The van der Waals surface area contributed by atoms with E-state index in [4.69, 9.17) is 5.84 Å². The molecule has 3 nitrogen and oxygen atoms in total. The van der Waals surface area contributed by atoms with Crippen molar-refractivity contribution < 1.29 is 4.79 Å². The summed E-state index contributed by atoms with van der Waals surface area (Å²) >= 11 is 0. The fourth-order valence-corrected chi connectivity index (χ4v) is 1.86. The molecule has 14 heavy (non-hydrogen) atoms. The highest BCUT2D eigenvalue weighted by molar-refractivity contribution is 6.01. The van der Waals surface area contributed by atoms with Gasteiger partial charge in [-0.3, -0.25) is 9.47 Å². The standard InChI is InChI=1S/C11H12N2O/c1-7-9-5-3-4-6-10(9)13(12)11(7)8(2)14/h3-6H,12H2,1-2H3. The normalized spacial score (nSPS) is 10.7. The lowest BCUT2D eigenvalue weighted by Crippen LogP contribution is -2.15. The Morgan fingerprint density at radius 1 is 1.36 bits per heavy atom. The van der Waals surface area contributed by atoms with Crippen LogP contribution >= 0.6 is 0 Å². The van der Waals surface area contributed by atoms with Gasteiger partial charge in [0.25, 0.3) is 0 Å². The first-order valence-corrected chi connectivity index (χ1v) is 4.49. The zero-order valence-electron chi connectivity index (χ0n) is 8.24. The van der Waals surface area contributed by atoms with Gasteiger partial charge in [0, 0.05) is 12.3 Å². The minimum atomic E-state index is 0.00111. The van der Waals surface area contributed by atoms with E-state index in [1.54, 1.807) is 0 Å². The van der Waals surface area contributed by atoms with Crippen LogP contribution < -0.4 is 5.84 Å². The van der Waals surface area contributed by atoms with E-state index in [0.717, 1.165) is 16.5 Å². The molecule has 1 aromatic heterocycles. The summed E-state index contributed by atoms with van der Waals surface area (Å²) in [4.78, 5) is 11.4. The molecule has 0 fully saturated rings. The summed E-state index contributed by atoms with van der Waals surface area (Å²) in [5.41, 5.74) is 2.44. The summed E-state index contributed by atoms with van der Waals surface area (Å²) in [6.07, 6.45) is 0. The predicted molar refractivity (Wildman–Crippen MR) is 56.8 cm³/mol. The average molecular weight is 188 g/mol. The molecule has 0 saturated carbocycles. The number of nitrogens with zero attached hydrogens (tertiary/aromatic N) is 1. The minimum Gasteiger partial charge on any atom is -0.338 e. The molecule has 2 aromatic rings. The summed E-state index contributed by atoms with van der Waals surface area (Å²) in [5, 5.41) is 1.04. The SMILES string of the molecule is CC(=O)c1c(C)c2ccccc2n1N. The first-order chi connectivity index (χ1) is 6.63. The highest BCUT2D eigenvalue weighted by Gasteiger charge is 2.14. The Morgan fingerprint density at radius 2 is 2.00 bits per heavy atom. The molecule has 1 aromatic carbocycles. The van der Waals surface area contributed by atoms with Crippen molar-refractivity contribution in [2.24, 2.45) is 0 Å². The Balaban J connectivity index is 2.92. The van der Waals surface area contributed by atoms with E-state index in [2.05, 4.69) is 0 Å². The van der Waals surface area contributed by atoms with Gasteiger partial charge in [-0.15, -0.1) is 0 Å². The number of para-hydroxylation sites is 1. The van der Waals surface area contributed by atoms with E-state index in [9.17, 15) is 4.79 Å². The lowest BCUT2D eigenvalue weighted by Gasteiger charge is -1.99. The molecule has 0 bridgehead atoms. The lowest BCUT2D eigenvalue weighted by atomic mass is 10.1. The quantitative estimate of drug-likeness (QED) is 0.548. The van der Waals surface area contributed by atoms with Crippen LogP contribution in [0.5, 0.6) is 0 Å². The first-order valence-electron chi connectivity index (χ1n) is 4.49. The molecular weight excluding hydrogens is 176 g/mol. The van der Waals surface area contributed by atoms with Crippen molar-refractivity contribution in [3.63, 3.8) is 0 Å². The Morgan fingerprint density at radius 3 is 2.57 bits per heavy atom. The van der Waals surface area contributed by atoms with Crippen LogP contribution in [0.3, 0.4) is 0 Å². The van der Waals surface area contributed by atoms with Gasteiger partial charge in [0.2, 0.25) is 0 Å². The van der Waals surface area contributed by atoms with Crippen molar-refractivity contribution in [3.05, 3.63) is 35.5 Å². The van der Waals surface area contributed by atoms with Gasteiger partial charge in [0.15, 0.2) is 5.78 Å². The topological polar surface area (TPSA) is 48.0 Å². The fourth-order valence-electron chi connectivity index (χ4n) is 1.86. The van der Waals surface area contributed by atoms with Gasteiger partial charge < -0.3 is 5.84 Å². The van der Waals surface area contributed by atoms with Gasteiger partial charge in [-0.25, -0.2) is 0 Å². The molecule has 0 aliphatic heterocycles. The van der Waals surface area contributed by atoms with Crippen LogP contribution in [-0.4, -0.2) is 10.5 Å².